The molecule has 21 heteroatoms. The fourth-order valence-corrected chi connectivity index (χ4v) is 9.58. The first-order valence-electron chi connectivity index (χ1n) is 19.0. The summed E-state index contributed by atoms with van der Waals surface area (Å²) in [5.74, 6) is -3.13. The lowest BCUT2D eigenvalue weighted by Crippen LogP contribution is -2.40. The van der Waals surface area contributed by atoms with E-state index in [1.807, 2.05) is 24.3 Å². The number of nitrogens with two attached hydrogens (primary N) is 1. The molecule has 0 atom stereocenters. The largest absolute Gasteiger partial charge is 0.397 e. The first kappa shape index (κ1) is 42.8. The zero-order valence-electron chi connectivity index (χ0n) is 33.0. The Morgan fingerprint density at radius 2 is 0.908 bits per heavy atom. The van der Waals surface area contributed by atoms with E-state index in [-0.39, 0.29) is 46.1 Å². The molecule has 0 radical (unpaired) electrons. The van der Waals surface area contributed by atoms with Gasteiger partial charge in [0.1, 0.15) is 4.90 Å². The predicted octanol–water partition coefficient (Wildman–Crippen LogP) is 6.99. The minimum Gasteiger partial charge on any atom is -0.397 e. The number of amides is 4. The summed E-state index contributed by atoms with van der Waals surface area (Å²) in [4.78, 5) is 54.0. The number of nitrogen functional groups attached to an aromatic ring is 1. The highest BCUT2D eigenvalue weighted by molar-refractivity contribution is 7.86. The maximum absolute atomic E-state index is 13.7. The van der Waals surface area contributed by atoms with Gasteiger partial charge >= 0.3 is 0 Å². The minimum absolute atomic E-state index is 0.0117. The van der Waals surface area contributed by atoms with Gasteiger partial charge in [0.05, 0.1) is 56.6 Å². The molecule has 65 heavy (non-hydrogen) atoms. The van der Waals surface area contributed by atoms with E-state index >= 15 is 0 Å². The lowest BCUT2D eigenvalue weighted by Gasteiger charge is -2.28. The fourth-order valence-electron chi connectivity index (χ4n) is 7.85. The molecule has 2 heterocycles. The van der Waals surface area contributed by atoms with Crippen LogP contribution in [0.1, 0.15) is 52.6 Å². The summed E-state index contributed by atoms with van der Waals surface area (Å²) < 4.78 is 102. The Kier molecular flexibility index (Phi) is 10.1. The number of nitrogens with zero attached hydrogens (tertiary/aromatic N) is 4. The lowest BCUT2D eigenvalue weighted by atomic mass is 9.92. The molecular formula is C44H29N5O13S3. The van der Waals surface area contributed by atoms with Crippen molar-refractivity contribution in [2.45, 2.75) is 27.8 Å². The Hall–Kier alpha value is -7.53. The number of benzene rings is 7. The van der Waals surface area contributed by atoms with E-state index in [1.54, 1.807) is 66.7 Å². The number of carbonyl (C=O) groups is 4. The maximum atomic E-state index is 13.7. The van der Waals surface area contributed by atoms with Gasteiger partial charge in [-0.2, -0.15) is 35.5 Å². The quantitative estimate of drug-likeness (QED) is 0.0465. The molecule has 0 saturated heterocycles. The van der Waals surface area contributed by atoms with Crippen LogP contribution >= 0.6 is 0 Å². The van der Waals surface area contributed by atoms with E-state index in [9.17, 15) is 58.1 Å². The van der Waals surface area contributed by atoms with Crippen molar-refractivity contribution in [2.75, 3.05) is 5.73 Å². The first-order valence-corrected chi connectivity index (χ1v) is 23.3. The Bertz CT molecular complexity index is 3630. The molecule has 0 unspecified atom stereocenters. The zero-order valence-corrected chi connectivity index (χ0v) is 35.4. The van der Waals surface area contributed by atoms with Gasteiger partial charge in [0.25, 0.3) is 54.0 Å². The second-order valence-electron chi connectivity index (χ2n) is 15.0. The molecule has 9 rings (SSSR count). The number of rotatable bonds is 10. The molecule has 7 aromatic rings. The summed E-state index contributed by atoms with van der Waals surface area (Å²) in [7, 11) is -14.6. The van der Waals surface area contributed by atoms with Crippen molar-refractivity contribution in [3.8, 4) is 11.1 Å². The fraction of sp³-hybridized carbons (Fsp3) is 0.0455. The van der Waals surface area contributed by atoms with Crippen LogP contribution in [0.4, 0.5) is 17.1 Å². The van der Waals surface area contributed by atoms with Crippen molar-refractivity contribution in [1.29, 1.82) is 0 Å². The van der Waals surface area contributed by atoms with Gasteiger partial charge in [0, 0.05) is 21.7 Å². The number of carbonyl (C=O) groups excluding carboxylic acids is 4. The van der Waals surface area contributed by atoms with Crippen LogP contribution in [0.5, 0.6) is 0 Å². The van der Waals surface area contributed by atoms with Crippen molar-refractivity contribution in [3.05, 3.63) is 155 Å². The van der Waals surface area contributed by atoms with Crippen LogP contribution in [-0.2, 0) is 43.4 Å². The van der Waals surface area contributed by atoms with E-state index in [1.165, 1.54) is 6.07 Å². The third-order valence-electron chi connectivity index (χ3n) is 11.0. The lowest BCUT2D eigenvalue weighted by molar-refractivity contribution is 0.0583. The number of imide groups is 2. The van der Waals surface area contributed by atoms with Gasteiger partial charge in [0.2, 0.25) is 0 Å². The van der Waals surface area contributed by atoms with E-state index in [2.05, 4.69) is 10.2 Å². The van der Waals surface area contributed by atoms with Gasteiger partial charge in [-0.25, -0.2) is 0 Å². The molecule has 2 aliphatic heterocycles. The normalized spacial score (nSPS) is 14.3. The molecule has 0 spiro atoms. The molecule has 0 aliphatic carbocycles. The van der Waals surface area contributed by atoms with Crippen LogP contribution < -0.4 is 5.73 Å². The van der Waals surface area contributed by atoms with Gasteiger partial charge in [-0.05, 0) is 88.3 Å². The highest BCUT2D eigenvalue weighted by Gasteiger charge is 2.37. The zero-order chi connectivity index (χ0) is 46.3. The summed E-state index contributed by atoms with van der Waals surface area (Å²) >= 11 is 0. The first-order chi connectivity index (χ1) is 30.7. The minimum atomic E-state index is -5.02. The Balaban J connectivity index is 0.879. The summed E-state index contributed by atoms with van der Waals surface area (Å²) in [6.07, 6.45) is 0. The Morgan fingerprint density at radius 3 is 1.42 bits per heavy atom. The van der Waals surface area contributed by atoms with Gasteiger partial charge < -0.3 is 5.73 Å². The van der Waals surface area contributed by atoms with Crippen molar-refractivity contribution in [3.63, 3.8) is 0 Å². The summed E-state index contributed by atoms with van der Waals surface area (Å²) in [5.41, 5.74) is 8.42. The van der Waals surface area contributed by atoms with E-state index in [0.29, 0.717) is 33.3 Å². The second-order valence-corrected chi connectivity index (χ2v) is 19.3. The highest BCUT2D eigenvalue weighted by Crippen LogP contribution is 2.40. The van der Waals surface area contributed by atoms with Crippen LogP contribution in [0.15, 0.2) is 146 Å². The molecule has 4 amide bonds. The third kappa shape index (κ3) is 7.70. The summed E-state index contributed by atoms with van der Waals surface area (Å²) in [6.45, 7) is -0.443. The standard InChI is InChI=1S/C44H29N5O13S3/c45-40-33-17-31(64(57,58)59)19-35-39(33)36(20-37(40)65(60,61)62)44(53)49(43(35)52)22-24-6-12-28(13-7-24)46-47-29-14-10-26(11-15-29)25-8-4-23(5-9-25)21-48-41(50)32-3-1-2-27-16-30(63(54,55)56)18-34(38(27)32)42(48)51/h1-20H,21-22,45H2,(H,54,55,56)(H,57,58,59)(H,60,61,62). The molecular weight excluding hydrogens is 903 g/mol. The molecule has 18 nitrogen and oxygen atoms in total. The number of azo groups is 1. The van der Waals surface area contributed by atoms with Crippen molar-refractivity contribution >= 4 is 92.6 Å². The smallest absolute Gasteiger partial charge is 0.296 e. The van der Waals surface area contributed by atoms with Crippen molar-refractivity contribution in [1.82, 2.24) is 9.80 Å². The molecule has 7 aromatic carbocycles. The predicted molar refractivity (Wildman–Crippen MR) is 233 cm³/mol. The van der Waals surface area contributed by atoms with Crippen LogP contribution in [0.25, 0.3) is 32.7 Å². The average molecular weight is 932 g/mol. The topological polar surface area (TPSA) is 289 Å². The highest BCUT2D eigenvalue weighted by atomic mass is 32.2. The van der Waals surface area contributed by atoms with Gasteiger partial charge in [-0.15, -0.1) is 0 Å². The Morgan fingerprint density at radius 1 is 0.477 bits per heavy atom. The van der Waals surface area contributed by atoms with Crippen LogP contribution in [0, 0.1) is 0 Å². The number of hydrogen-bond acceptors (Lipinski definition) is 13. The third-order valence-corrected chi connectivity index (χ3v) is 13.5. The SMILES string of the molecule is Nc1c(S(=O)(=O)O)cc2c3c(cc(S(=O)(=O)O)cc13)C(=O)N(Cc1ccc(N=Nc3ccc(-c4ccc(CN5C(=O)c6cccc7cc(S(=O)(=O)O)cc(c67)C5=O)cc4)cc3)cc1)C2=O. The molecule has 0 bridgehead atoms. The van der Waals surface area contributed by atoms with E-state index in [4.69, 9.17) is 5.73 Å². The van der Waals surface area contributed by atoms with Crippen LogP contribution in [0.3, 0.4) is 0 Å². The average Bonchev–Trinajstić information content (AvgIpc) is 3.26. The second kappa shape index (κ2) is 15.3. The molecule has 0 saturated carbocycles. The molecule has 5 N–H and O–H groups in total. The van der Waals surface area contributed by atoms with Crippen LogP contribution in [0.2, 0.25) is 0 Å². The van der Waals surface area contributed by atoms with Gasteiger partial charge in [-0.3, -0.25) is 42.6 Å². The summed E-state index contributed by atoms with van der Waals surface area (Å²) in [5, 5.41) is 8.68. The van der Waals surface area contributed by atoms with Gasteiger partial charge in [-0.1, -0.05) is 60.7 Å². The number of anilines is 1. The molecule has 0 aromatic heterocycles. The van der Waals surface area contributed by atoms with Crippen molar-refractivity contribution < 1.29 is 58.1 Å². The van der Waals surface area contributed by atoms with Gasteiger partial charge in [0.15, 0.2) is 0 Å². The monoisotopic (exact) mass is 931 g/mol. The van der Waals surface area contributed by atoms with E-state index < -0.39 is 74.4 Å². The van der Waals surface area contributed by atoms with E-state index in [0.717, 1.165) is 45.2 Å². The molecule has 326 valence electrons. The molecule has 0 fully saturated rings. The Labute approximate surface area is 368 Å². The molecule has 2 aliphatic rings. The van der Waals surface area contributed by atoms with Crippen molar-refractivity contribution in [2.24, 2.45) is 10.2 Å². The number of hydrogen-bond donors (Lipinski definition) is 4. The summed E-state index contributed by atoms with van der Waals surface area (Å²) in [6, 6.07) is 29.9. The van der Waals surface area contributed by atoms with Crippen LogP contribution in [-0.4, -0.2) is 72.3 Å². The maximum Gasteiger partial charge on any atom is 0.296 e.